The van der Waals surface area contributed by atoms with E-state index in [2.05, 4.69) is 26.2 Å². The Balaban J connectivity index is 2.43. The van der Waals surface area contributed by atoms with E-state index in [4.69, 9.17) is 5.73 Å². The number of rotatable bonds is 4. The number of nitrogens with zero attached hydrogens (tertiary/aromatic N) is 1. The molecular formula is C11H16BrN3O. The van der Waals surface area contributed by atoms with Crippen LogP contribution in [0.4, 0.5) is 5.82 Å². The Morgan fingerprint density at radius 1 is 1.56 bits per heavy atom. The molecule has 1 rings (SSSR count). The SMILES string of the molecule is CC(C)(N)CCC(=O)Nc1ccc(Br)cn1. The van der Waals surface area contributed by atoms with E-state index in [0.717, 1.165) is 4.47 Å². The first-order valence-electron chi connectivity index (χ1n) is 5.07. The van der Waals surface area contributed by atoms with Gasteiger partial charge < -0.3 is 11.1 Å². The number of nitrogens with one attached hydrogen (secondary N) is 1. The van der Waals surface area contributed by atoms with Gasteiger partial charge in [0.15, 0.2) is 0 Å². The average molecular weight is 286 g/mol. The monoisotopic (exact) mass is 285 g/mol. The van der Waals surface area contributed by atoms with Gasteiger partial charge in [-0.15, -0.1) is 0 Å². The lowest BCUT2D eigenvalue weighted by molar-refractivity contribution is -0.116. The summed E-state index contributed by atoms with van der Waals surface area (Å²) in [5.41, 5.74) is 5.48. The molecule has 0 radical (unpaired) electrons. The molecule has 0 bridgehead atoms. The van der Waals surface area contributed by atoms with Gasteiger partial charge in [0.2, 0.25) is 5.91 Å². The number of carbonyl (C=O) groups is 1. The number of hydrogen-bond acceptors (Lipinski definition) is 3. The summed E-state index contributed by atoms with van der Waals surface area (Å²) in [5.74, 6) is 0.497. The second-order valence-corrected chi connectivity index (χ2v) is 5.31. The maximum absolute atomic E-state index is 11.5. The molecule has 0 unspecified atom stereocenters. The van der Waals surface area contributed by atoms with Crippen molar-refractivity contribution in [2.45, 2.75) is 32.2 Å². The molecule has 0 aliphatic heterocycles. The first kappa shape index (κ1) is 13.1. The van der Waals surface area contributed by atoms with E-state index in [1.165, 1.54) is 0 Å². The fourth-order valence-corrected chi connectivity index (χ4v) is 1.33. The van der Waals surface area contributed by atoms with Crippen LogP contribution in [0.2, 0.25) is 0 Å². The molecule has 0 saturated heterocycles. The number of aromatic nitrogens is 1. The smallest absolute Gasteiger partial charge is 0.225 e. The molecule has 0 spiro atoms. The minimum absolute atomic E-state index is 0.0617. The molecule has 1 aromatic heterocycles. The van der Waals surface area contributed by atoms with E-state index >= 15 is 0 Å². The molecule has 16 heavy (non-hydrogen) atoms. The molecule has 5 heteroatoms. The summed E-state index contributed by atoms with van der Waals surface area (Å²) < 4.78 is 0.883. The molecule has 0 saturated carbocycles. The van der Waals surface area contributed by atoms with Crippen LogP contribution in [0.15, 0.2) is 22.8 Å². The Hall–Kier alpha value is -0.940. The third-order valence-electron chi connectivity index (χ3n) is 1.99. The lowest BCUT2D eigenvalue weighted by Gasteiger charge is -2.17. The van der Waals surface area contributed by atoms with Crippen molar-refractivity contribution in [2.75, 3.05) is 5.32 Å². The van der Waals surface area contributed by atoms with Crippen LogP contribution >= 0.6 is 15.9 Å². The number of carbonyl (C=O) groups excluding carboxylic acids is 1. The van der Waals surface area contributed by atoms with Crippen molar-refractivity contribution in [3.05, 3.63) is 22.8 Å². The number of amides is 1. The second kappa shape index (κ2) is 5.41. The molecule has 4 nitrogen and oxygen atoms in total. The molecule has 0 aliphatic carbocycles. The minimum atomic E-state index is -0.315. The van der Waals surface area contributed by atoms with Crippen LogP contribution in [0.1, 0.15) is 26.7 Å². The summed E-state index contributed by atoms with van der Waals surface area (Å²) in [5, 5.41) is 2.72. The molecule has 0 atom stereocenters. The molecule has 88 valence electrons. The predicted octanol–water partition coefficient (Wildman–Crippen LogP) is 2.30. The zero-order valence-corrected chi connectivity index (χ0v) is 11.0. The number of anilines is 1. The Morgan fingerprint density at radius 2 is 2.25 bits per heavy atom. The van der Waals surface area contributed by atoms with Gasteiger partial charge >= 0.3 is 0 Å². The van der Waals surface area contributed by atoms with Gasteiger partial charge in [-0.1, -0.05) is 0 Å². The van der Waals surface area contributed by atoms with Gasteiger partial charge in [-0.25, -0.2) is 4.98 Å². The molecule has 1 heterocycles. The highest BCUT2D eigenvalue weighted by atomic mass is 79.9. The summed E-state index contributed by atoms with van der Waals surface area (Å²) in [7, 11) is 0. The van der Waals surface area contributed by atoms with Crippen LogP contribution in [-0.2, 0) is 4.79 Å². The van der Waals surface area contributed by atoms with E-state index in [1.807, 2.05) is 19.9 Å². The van der Waals surface area contributed by atoms with Crippen molar-refractivity contribution >= 4 is 27.7 Å². The van der Waals surface area contributed by atoms with Gasteiger partial charge in [0.05, 0.1) is 0 Å². The normalized spacial score (nSPS) is 11.2. The van der Waals surface area contributed by atoms with E-state index in [0.29, 0.717) is 18.7 Å². The van der Waals surface area contributed by atoms with Gasteiger partial charge in [-0.2, -0.15) is 0 Å². The fraction of sp³-hybridized carbons (Fsp3) is 0.455. The Morgan fingerprint density at radius 3 is 2.75 bits per heavy atom. The zero-order valence-electron chi connectivity index (χ0n) is 9.46. The van der Waals surface area contributed by atoms with Crippen molar-refractivity contribution in [3.8, 4) is 0 Å². The highest BCUT2D eigenvalue weighted by molar-refractivity contribution is 9.10. The fourth-order valence-electron chi connectivity index (χ4n) is 1.09. The number of halogens is 1. The molecule has 0 aliphatic rings. The molecule has 1 aromatic rings. The number of hydrogen-bond donors (Lipinski definition) is 2. The summed E-state index contributed by atoms with van der Waals surface area (Å²) >= 11 is 3.28. The van der Waals surface area contributed by atoms with Crippen LogP contribution in [0, 0.1) is 0 Å². The van der Waals surface area contributed by atoms with E-state index < -0.39 is 0 Å². The quantitative estimate of drug-likeness (QED) is 0.892. The van der Waals surface area contributed by atoms with E-state index in [9.17, 15) is 4.79 Å². The van der Waals surface area contributed by atoms with Crippen LogP contribution in [0.5, 0.6) is 0 Å². The minimum Gasteiger partial charge on any atom is -0.326 e. The van der Waals surface area contributed by atoms with Crippen LogP contribution in [-0.4, -0.2) is 16.4 Å². The van der Waals surface area contributed by atoms with E-state index in [1.54, 1.807) is 12.3 Å². The van der Waals surface area contributed by atoms with E-state index in [-0.39, 0.29) is 11.4 Å². The largest absolute Gasteiger partial charge is 0.326 e. The standard InChI is InChI=1S/C11H16BrN3O/c1-11(2,13)6-5-10(16)15-9-4-3-8(12)7-14-9/h3-4,7H,5-6,13H2,1-2H3,(H,14,15,16). The topological polar surface area (TPSA) is 68.0 Å². The lowest BCUT2D eigenvalue weighted by Crippen LogP contribution is -2.33. The number of pyridine rings is 1. The Labute approximate surface area is 104 Å². The first-order chi connectivity index (χ1) is 7.37. The maximum Gasteiger partial charge on any atom is 0.225 e. The zero-order chi connectivity index (χ0) is 12.2. The summed E-state index contributed by atoms with van der Waals surface area (Å²) in [6.07, 6.45) is 2.69. The van der Waals surface area contributed by atoms with Crippen LogP contribution in [0.25, 0.3) is 0 Å². The molecular weight excluding hydrogens is 270 g/mol. The number of nitrogens with two attached hydrogens (primary N) is 1. The van der Waals surface area contributed by atoms with Crippen molar-refractivity contribution < 1.29 is 4.79 Å². The molecule has 3 N–H and O–H groups in total. The lowest BCUT2D eigenvalue weighted by atomic mass is 10.00. The van der Waals surface area contributed by atoms with Gasteiger partial charge in [-0.05, 0) is 48.3 Å². The van der Waals surface area contributed by atoms with Gasteiger partial charge in [-0.3, -0.25) is 4.79 Å². The third kappa shape index (κ3) is 5.23. The molecule has 0 fully saturated rings. The van der Waals surface area contributed by atoms with Crippen molar-refractivity contribution in [1.29, 1.82) is 0 Å². The van der Waals surface area contributed by atoms with Gasteiger partial charge in [0, 0.05) is 22.6 Å². The summed E-state index contributed by atoms with van der Waals surface area (Å²) in [6, 6.07) is 3.57. The summed E-state index contributed by atoms with van der Waals surface area (Å²) in [4.78, 5) is 15.6. The van der Waals surface area contributed by atoms with Crippen molar-refractivity contribution in [1.82, 2.24) is 4.98 Å². The molecule has 1 amide bonds. The maximum atomic E-state index is 11.5. The summed E-state index contributed by atoms with van der Waals surface area (Å²) in [6.45, 7) is 3.80. The third-order valence-corrected chi connectivity index (χ3v) is 2.46. The van der Waals surface area contributed by atoms with Crippen molar-refractivity contribution in [2.24, 2.45) is 5.73 Å². The Bertz CT molecular complexity index is 356. The van der Waals surface area contributed by atoms with Gasteiger partial charge in [0.1, 0.15) is 5.82 Å². The van der Waals surface area contributed by atoms with Gasteiger partial charge in [0.25, 0.3) is 0 Å². The van der Waals surface area contributed by atoms with Crippen molar-refractivity contribution in [3.63, 3.8) is 0 Å². The Kier molecular flexibility index (Phi) is 4.44. The second-order valence-electron chi connectivity index (χ2n) is 4.40. The average Bonchev–Trinajstić information content (AvgIpc) is 2.18. The highest BCUT2D eigenvalue weighted by Gasteiger charge is 2.13. The molecule has 0 aromatic carbocycles. The predicted molar refractivity (Wildman–Crippen MR) is 68.1 cm³/mol. The van der Waals surface area contributed by atoms with Crippen LogP contribution < -0.4 is 11.1 Å². The first-order valence-corrected chi connectivity index (χ1v) is 5.86. The van der Waals surface area contributed by atoms with Crippen LogP contribution in [0.3, 0.4) is 0 Å². The highest BCUT2D eigenvalue weighted by Crippen LogP contribution is 2.12.